The zero-order valence-corrected chi connectivity index (χ0v) is 16.1. The molecular weight excluding hydrogens is 400 g/mol. The maximum atomic E-state index is 12.5. The Morgan fingerprint density at radius 1 is 1.34 bits per heavy atom. The quantitative estimate of drug-likeness (QED) is 0.597. The highest BCUT2D eigenvalue weighted by atomic mass is 35.5. The number of halogens is 1. The molecule has 11 heteroatoms. The Balaban J connectivity index is 1.38. The molecular formula is C18H17ClN6O4. The van der Waals surface area contributed by atoms with Crippen molar-refractivity contribution in [3.8, 4) is 6.07 Å². The number of carbonyl (C=O) groups is 1. The van der Waals surface area contributed by atoms with Gasteiger partial charge in [0, 0.05) is 44.2 Å². The Labute approximate surface area is 170 Å². The molecule has 4 rings (SSSR count). The minimum atomic E-state index is -0.551. The van der Waals surface area contributed by atoms with Crippen LogP contribution in [0.4, 0.5) is 22.1 Å². The van der Waals surface area contributed by atoms with Crippen LogP contribution in [0.15, 0.2) is 22.6 Å². The minimum Gasteiger partial charge on any atom is -0.423 e. The van der Waals surface area contributed by atoms with Crippen molar-refractivity contribution in [2.75, 3.05) is 36.4 Å². The minimum absolute atomic E-state index is 0.0964. The van der Waals surface area contributed by atoms with Gasteiger partial charge in [-0.05, 0) is 18.9 Å². The Hall–Kier alpha value is -3.32. The third kappa shape index (κ3) is 3.95. The summed E-state index contributed by atoms with van der Waals surface area (Å²) in [6, 6.07) is 5.61. The number of hydrogen-bond donors (Lipinski definition) is 1. The molecule has 2 amide bonds. The molecule has 1 aliphatic heterocycles. The van der Waals surface area contributed by atoms with Gasteiger partial charge in [0.1, 0.15) is 6.07 Å². The third-order valence-electron chi connectivity index (χ3n) is 4.92. The fraction of sp³-hybridized carbons (Fsp3) is 0.389. The van der Waals surface area contributed by atoms with Gasteiger partial charge in [0.05, 0.1) is 15.6 Å². The van der Waals surface area contributed by atoms with Crippen LogP contribution in [0.3, 0.4) is 0 Å². The lowest BCUT2D eigenvalue weighted by atomic mass is 10.2. The van der Waals surface area contributed by atoms with Crippen LogP contribution in [0.2, 0.25) is 5.02 Å². The first-order chi connectivity index (χ1) is 14.0. The SMILES string of the molecule is N#Cc1nc(C2CC2)oc1N1CCN(C(=O)Nc2ccc([N+](=O)[O-])cc2Cl)CC1. The molecule has 1 aliphatic carbocycles. The maximum Gasteiger partial charge on any atom is 0.322 e. The number of carbonyl (C=O) groups excluding carboxylic acids is 1. The zero-order valence-electron chi connectivity index (χ0n) is 15.3. The van der Waals surface area contributed by atoms with Gasteiger partial charge in [0.25, 0.3) is 5.69 Å². The number of nitro benzene ring substituents is 1. The van der Waals surface area contributed by atoms with Gasteiger partial charge < -0.3 is 19.5 Å². The molecule has 1 saturated heterocycles. The molecule has 0 radical (unpaired) electrons. The molecule has 2 aromatic rings. The molecule has 1 aromatic carbocycles. The van der Waals surface area contributed by atoms with Gasteiger partial charge >= 0.3 is 6.03 Å². The summed E-state index contributed by atoms with van der Waals surface area (Å²) in [5.41, 5.74) is 0.441. The van der Waals surface area contributed by atoms with E-state index < -0.39 is 4.92 Å². The van der Waals surface area contributed by atoms with E-state index in [0.717, 1.165) is 12.8 Å². The molecule has 1 saturated carbocycles. The van der Waals surface area contributed by atoms with Gasteiger partial charge in [-0.15, -0.1) is 0 Å². The van der Waals surface area contributed by atoms with Crippen molar-refractivity contribution in [1.29, 1.82) is 5.26 Å². The van der Waals surface area contributed by atoms with Gasteiger partial charge in [0.15, 0.2) is 0 Å². The van der Waals surface area contributed by atoms with Crippen molar-refractivity contribution in [2.45, 2.75) is 18.8 Å². The summed E-state index contributed by atoms with van der Waals surface area (Å²) in [4.78, 5) is 30.6. The predicted octanol–water partition coefficient (Wildman–Crippen LogP) is 3.34. The topological polar surface area (TPSA) is 129 Å². The number of hydrogen-bond acceptors (Lipinski definition) is 7. The van der Waals surface area contributed by atoms with Crippen LogP contribution >= 0.6 is 11.6 Å². The molecule has 10 nitrogen and oxygen atoms in total. The second-order valence-electron chi connectivity index (χ2n) is 6.92. The highest BCUT2D eigenvalue weighted by Crippen LogP contribution is 2.41. The number of non-ortho nitro benzene ring substituents is 1. The van der Waals surface area contributed by atoms with E-state index in [1.807, 2.05) is 4.90 Å². The van der Waals surface area contributed by atoms with Crippen LogP contribution in [0, 0.1) is 21.4 Å². The van der Waals surface area contributed by atoms with Crippen molar-refractivity contribution in [3.05, 3.63) is 44.9 Å². The van der Waals surface area contributed by atoms with Crippen LogP contribution in [-0.2, 0) is 0 Å². The number of benzene rings is 1. The first-order valence-electron chi connectivity index (χ1n) is 9.12. The van der Waals surface area contributed by atoms with Crippen LogP contribution < -0.4 is 10.2 Å². The van der Waals surface area contributed by atoms with E-state index in [2.05, 4.69) is 16.4 Å². The monoisotopic (exact) mass is 416 g/mol. The number of nitrogens with one attached hydrogen (secondary N) is 1. The number of urea groups is 1. The number of rotatable bonds is 4. The Bertz CT molecular complexity index is 1000. The Morgan fingerprint density at radius 2 is 2.07 bits per heavy atom. The normalized spacial score (nSPS) is 16.4. The molecule has 2 heterocycles. The van der Waals surface area contributed by atoms with E-state index >= 15 is 0 Å². The van der Waals surface area contributed by atoms with Crippen molar-refractivity contribution in [1.82, 2.24) is 9.88 Å². The lowest BCUT2D eigenvalue weighted by Gasteiger charge is -2.34. The fourth-order valence-corrected chi connectivity index (χ4v) is 3.37. The molecule has 0 bridgehead atoms. The number of amides is 2. The first-order valence-corrected chi connectivity index (χ1v) is 9.49. The second kappa shape index (κ2) is 7.60. The molecule has 1 aromatic heterocycles. The smallest absolute Gasteiger partial charge is 0.322 e. The number of nitriles is 1. The van der Waals surface area contributed by atoms with Gasteiger partial charge in [-0.1, -0.05) is 11.6 Å². The summed E-state index contributed by atoms with van der Waals surface area (Å²) in [5, 5.41) is 22.9. The standard InChI is InChI=1S/C18H17ClN6O4/c19-13-9-12(25(27)28)3-4-14(13)22-18(26)24-7-5-23(6-8-24)17-15(10-20)21-16(29-17)11-1-2-11/h3-4,9,11H,1-2,5-8H2,(H,22,26). The number of anilines is 2. The molecule has 0 atom stereocenters. The van der Waals surface area contributed by atoms with Crippen molar-refractivity contribution >= 4 is 34.9 Å². The van der Waals surface area contributed by atoms with Crippen molar-refractivity contribution < 1.29 is 14.1 Å². The van der Waals surface area contributed by atoms with Crippen LogP contribution in [-0.4, -0.2) is 47.0 Å². The Kier molecular flexibility index (Phi) is 4.98. The summed E-state index contributed by atoms with van der Waals surface area (Å²) in [7, 11) is 0. The second-order valence-corrected chi connectivity index (χ2v) is 7.32. The fourth-order valence-electron chi connectivity index (χ4n) is 3.15. The molecule has 1 N–H and O–H groups in total. The summed E-state index contributed by atoms with van der Waals surface area (Å²) < 4.78 is 5.81. The summed E-state index contributed by atoms with van der Waals surface area (Å²) in [6.07, 6.45) is 2.06. The van der Waals surface area contributed by atoms with Crippen molar-refractivity contribution in [3.63, 3.8) is 0 Å². The lowest BCUT2D eigenvalue weighted by Crippen LogP contribution is -2.50. The number of piperazine rings is 1. The number of nitro groups is 1. The molecule has 0 spiro atoms. The van der Waals surface area contributed by atoms with E-state index in [9.17, 15) is 20.2 Å². The number of aromatic nitrogens is 1. The van der Waals surface area contributed by atoms with Gasteiger partial charge in [-0.3, -0.25) is 10.1 Å². The van der Waals surface area contributed by atoms with Gasteiger partial charge in [0.2, 0.25) is 17.5 Å². The van der Waals surface area contributed by atoms with E-state index in [1.165, 1.54) is 18.2 Å². The average molecular weight is 417 g/mol. The van der Waals surface area contributed by atoms with E-state index in [0.29, 0.717) is 49.6 Å². The molecule has 150 valence electrons. The predicted molar refractivity (Wildman–Crippen MR) is 104 cm³/mol. The van der Waals surface area contributed by atoms with Gasteiger partial charge in [-0.2, -0.15) is 5.26 Å². The van der Waals surface area contributed by atoms with Gasteiger partial charge in [-0.25, -0.2) is 9.78 Å². The largest absolute Gasteiger partial charge is 0.423 e. The average Bonchev–Trinajstić information content (AvgIpc) is 3.48. The molecule has 2 aliphatic rings. The Morgan fingerprint density at radius 3 is 2.66 bits per heavy atom. The van der Waals surface area contributed by atoms with Crippen LogP contribution in [0.1, 0.15) is 30.3 Å². The summed E-state index contributed by atoms with van der Waals surface area (Å²) in [5.74, 6) is 1.40. The first kappa shape index (κ1) is 19.0. The summed E-state index contributed by atoms with van der Waals surface area (Å²) in [6.45, 7) is 1.83. The summed E-state index contributed by atoms with van der Waals surface area (Å²) >= 11 is 6.03. The highest BCUT2D eigenvalue weighted by Gasteiger charge is 2.33. The maximum absolute atomic E-state index is 12.5. The molecule has 29 heavy (non-hydrogen) atoms. The van der Waals surface area contributed by atoms with E-state index in [-0.39, 0.29) is 22.4 Å². The molecule has 2 fully saturated rings. The van der Waals surface area contributed by atoms with E-state index in [4.69, 9.17) is 16.0 Å². The number of nitrogens with zero attached hydrogens (tertiary/aromatic N) is 5. The third-order valence-corrected chi connectivity index (χ3v) is 5.23. The molecule has 0 unspecified atom stereocenters. The van der Waals surface area contributed by atoms with E-state index in [1.54, 1.807) is 4.90 Å². The lowest BCUT2D eigenvalue weighted by molar-refractivity contribution is -0.384. The zero-order chi connectivity index (χ0) is 20.5. The van der Waals surface area contributed by atoms with Crippen LogP contribution in [0.5, 0.6) is 0 Å². The number of oxazole rings is 1. The van der Waals surface area contributed by atoms with Crippen LogP contribution in [0.25, 0.3) is 0 Å². The van der Waals surface area contributed by atoms with Crippen molar-refractivity contribution in [2.24, 2.45) is 0 Å². The highest BCUT2D eigenvalue weighted by molar-refractivity contribution is 6.33.